The van der Waals surface area contributed by atoms with Crippen molar-refractivity contribution in [3.05, 3.63) is 21.0 Å². The lowest BCUT2D eigenvalue weighted by Crippen LogP contribution is -2.28. The van der Waals surface area contributed by atoms with E-state index >= 15 is 0 Å². The number of aliphatic hydroxyl groups is 1. The standard InChI is InChI=1S/C14H22BrN3O2/c15-13-12(10-16-18(8-9-19)14(13)20)17-11-6-4-2-1-3-5-7-11/h10-11,17,19H,1-9H2. The summed E-state index contributed by atoms with van der Waals surface area (Å²) in [6, 6.07) is 0.418. The van der Waals surface area contributed by atoms with E-state index in [1.807, 2.05) is 0 Å². The maximum Gasteiger partial charge on any atom is 0.283 e. The Hall–Kier alpha value is -0.880. The smallest absolute Gasteiger partial charge is 0.283 e. The van der Waals surface area contributed by atoms with Crippen LogP contribution < -0.4 is 10.9 Å². The third kappa shape index (κ3) is 4.06. The van der Waals surface area contributed by atoms with Gasteiger partial charge in [0.15, 0.2) is 0 Å². The first kappa shape index (κ1) is 15.5. The zero-order valence-corrected chi connectivity index (χ0v) is 13.2. The number of halogens is 1. The molecule has 1 saturated carbocycles. The Bertz CT molecular complexity index is 482. The Morgan fingerprint density at radius 1 is 1.30 bits per heavy atom. The molecule has 2 N–H and O–H groups in total. The molecular formula is C14H22BrN3O2. The Morgan fingerprint density at radius 3 is 2.60 bits per heavy atom. The van der Waals surface area contributed by atoms with Gasteiger partial charge in [0.1, 0.15) is 4.47 Å². The quantitative estimate of drug-likeness (QED) is 0.881. The molecule has 1 heterocycles. The Labute approximate surface area is 127 Å². The van der Waals surface area contributed by atoms with Crippen molar-refractivity contribution in [1.29, 1.82) is 0 Å². The summed E-state index contributed by atoms with van der Waals surface area (Å²) in [5, 5.41) is 16.4. The van der Waals surface area contributed by atoms with Crippen LogP contribution in [0.5, 0.6) is 0 Å². The van der Waals surface area contributed by atoms with Crippen molar-refractivity contribution < 1.29 is 5.11 Å². The molecule has 1 aromatic rings. The van der Waals surface area contributed by atoms with E-state index in [-0.39, 0.29) is 18.7 Å². The minimum atomic E-state index is -0.199. The first-order valence-electron chi connectivity index (χ1n) is 7.35. The maximum absolute atomic E-state index is 12.0. The summed E-state index contributed by atoms with van der Waals surface area (Å²) in [7, 11) is 0. The summed E-state index contributed by atoms with van der Waals surface area (Å²) in [6.07, 6.45) is 10.4. The summed E-state index contributed by atoms with van der Waals surface area (Å²) < 4.78 is 1.77. The highest BCUT2D eigenvalue weighted by Crippen LogP contribution is 2.23. The van der Waals surface area contributed by atoms with Gasteiger partial charge >= 0.3 is 0 Å². The van der Waals surface area contributed by atoms with Gasteiger partial charge in [0.2, 0.25) is 0 Å². The topological polar surface area (TPSA) is 67.2 Å². The van der Waals surface area contributed by atoms with Crippen molar-refractivity contribution in [1.82, 2.24) is 9.78 Å². The molecule has 112 valence electrons. The Balaban J connectivity index is 2.08. The second-order valence-corrected chi connectivity index (χ2v) is 6.10. The van der Waals surface area contributed by atoms with Crippen molar-refractivity contribution in [3.63, 3.8) is 0 Å². The third-order valence-electron chi connectivity index (χ3n) is 3.76. The van der Waals surface area contributed by atoms with E-state index in [0.717, 1.165) is 18.5 Å². The molecular weight excluding hydrogens is 322 g/mol. The highest BCUT2D eigenvalue weighted by atomic mass is 79.9. The van der Waals surface area contributed by atoms with Gasteiger partial charge in [-0.15, -0.1) is 0 Å². The molecule has 2 rings (SSSR count). The molecule has 0 amide bonds. The van der Waals surface area contributed by atoms with Crippen LogP contribution in [-0.4, -0.2) is 27.5 Å². The van der Waals surface area contributed by atoms with Crippen LogP contribution in [0.3, 0.4) is 0 Å². The van der Waals surface area contributed by atoms with E-state index in [1.165, 1.54) is 36.8 Å². The van der Waals surface area contributed by atoms with Gasteiger partial charge in [0.05, 0.1) is 25.0 Å². The van der Waals surface area contributed by atoms with E-state index in [2.05, 4.69) is 26.3 Å². The molecule has 0 aromatic carbocycles. The third-order valence-corrected chi connectivity index (χ3v) is 4.53. The molecule has 6 heteroatoms. The van der Waals surface area contributed by atoms with Crippen LogP contribution >= 0.6 is 15.9 Å². The van der Waals surface area contributed by atoms with Crippen molar-refractivity contribution in [3.8, 4) is 0 Å². The van der Waals surface area contributed by atoms with Gasteiger partial charge in [0.25, 0.3) is 5.56 Å². The summed E-state index contributed by atoms with van der Waals surface area (Å²) in [5.74, 6) is 0. The molecule has 20 heavy (non-hydrogen) atoms. The van der Waals surface area contributed by atoms with Crippen molar-refractivity contribution in [2.24, 2.45) is 0 Å². The van der Waals surface area contributed by atoms with Crippen LogP contribution in [0, 0.1) is 0 Å². The van der Waals surface area contributed by atoms with Gasteiger partial charge < -0.3 is 10.4 Å². The van der Waals surface area contributed by atoms with Gasteiger partial charge in [0, 0.05) is 6.04 Å². The SMILES string of the molecule is O=c1c(Br)c(NC2CCCCCCC2)cnn1CCO. The zero-order chi connectivity index (χ0) is 14.4. The predicted molar refractivity (Wildman–Crippen MR) is 83.0 cm³/mol. The zero-order valence-electron chi connectivity index (χ0n) is 11.6. The molecule has 0 unspecified atom stereocenters. The average molecular weight is 344 g/mol. The number of nitrogens with one attached hydrogen (secondary N) is 1. The molecule has 1 fully saturated rings. The predicted octanol–water partition coefficient (Wildman–Crippen LogP) is 2.52. The van der Waals surface area contributed by atoms with Crippen LogP contribution in [0.4, 0.5) is 5.69 Å². The molecule has 0 radical (unpaired) electrons. The molecule has 5 nitrogen and oxygen atoms in total. The Kier molecular flexibility index (Phi) is 6.04. The minimum absolute atomic E-state index is 0.0885. The molecule has 0 bridgehead atoms. The van der Waals surface area contributed by atoms with Crippen molar-refractivity contribution in [2.75, 3.05) is 11.9 Å². The van der Waals surface area contributed by atoms with E-state index in [1.54, 1.807) is 6.20 Å². The summed E-state index contributed by atoms with van der Waals surface area (Å²) >= 11 is 3.35. The van der Waals surface area contributed by atoms with Gasteiger partial charge in [-0.3, -0.25) is 4.79 Å². The highest BCUT2D eigenvalue weighted by molar-refractivity contribution is 9.10. The van der Waals surface area contributed by atoms with Crippen molar-refractivity contribution in [2.45, 2.75) is 57.5 Å². The maximum atomic E-state index is 12.0. The number of aromatic nitrogens is 2. The number of hydrogen-bond donors (Lipinski definition) is 2. The number of aliphatic hydroxyl groups excluding tert-OH is 1. The second kappa shape index (κ2) is 7.78. The fraction of sp³-hybridized carbons (Fsp3) is 0.714. The molecule has 0 saturated heterocycles. The summed E-state index contributed by atoms with van der Waals surface area (Å²) in [5.41, 5.74) is 0.560. The first-order valence-corrected chi connectivity index (χ1v) is 8.14. The van der Waals surface area contributed by atoms with Gasteiger partial charge in [-0.25, -0.2) is 4.68 Å². The number of anilines is 1. The summed E-state index contributed by atoms with van der Waals surface area (Å²) in [6.45, 7) is 0.135. The lowest BCUT2D eigenvalue weighted by molar-refractivity contribution is 0.266. The largest absolute Gasteiger partial charge is 0.394 e. The average Bonchev–Trinajstić information content (AvgIpc) is 2.41. The van der Waals surface area contributed by atoms with Gasteiger partial charge in [-0.1, -0.05) is 32.1 Å². The normalized spacial score (nSPS) is 17.5. The number of hydrogen-bond acceptors (Lipinski definition) is 4. The fourth-order valence-electron chi connectivity index (χ4n) is 2.64. The molecule has 1 aromatic heterocycles. The molecule has 1 aliphatic rings. The lowest BCUT2D eigenvalue weighted by atomic mass is 9.96. The minimum Gasteiger partial charge on any atom is -0.394 e. The Morgan fingerprint density at radius 2 is 1.95 bits per heavy atom. The van der Waals surface area contributed by atoms with Crippen molar-refractivity contribution >= 4 is 21.6 Å². The van der Waals surface area contributed by atoms with Crippen LogP contribution in [-0.2, 0) is 6.54 Å². The lowest BCUT2D eigenvalue weighted by Gasteiger charge is -2.22. The fourth-order valence-corrected chi connectivity index (χ4v) is 3.06. The monoisotopic (exact) mass is 343 g/mol. The highest BCUT2D eigenvalue weighted by Gasteiger charge is 2.15. The molecule has 1 aliphatic carbocycles. The second-order valence-electron chi connectivity index (χ2n) is 5.31. The van der Waals surface area contributed by atoms with E-state index in [4.69, 9.17) is 5.11 Å². The molecule has 0 aliphatic heterocycles. The van der Waals surface area contributed by atoms with E-state index in [0.29, 0.717) is 10.5 Å². The number of nitrogens with zero attached hydrogens (tertiary/aromatic N) is 2. The van der Waals surface area contributed by atoms with Crippen LogP contribution in [0.1, 0.15) is 44.9 Å². The van der Waals surface area contributed by atoms with Crippen LogP contribution in [0.15, 0.2) is 15.5 Å². The summed E-state index contributed by atoms with van der Waals surface area (Å²) in [4.78, 5) is 12.0. The first-order chi connectivity index (χ1) is 9.72. The van der Waals surface area contributed by atoms with Gasteiger partial charge in [-0.05, 0) is 28.8 Å². The molecule has 0 atom stereocenters. The number of rotatable bonds is 4. The van der Waals surface area contributed by atoms with Crippen LogP contribution in [0.2, 0.25) is 0 Å². The van der Waals surface area contributed by atoms with Gasteiger partial charge in [-0.2, -0.15) is 5.10 Å². The van der Waals surface area contributed by atoms with E-state index < -0.39 is 0 Å². The van der Waals surface area contributed by atoms with E-state index in [9.17, 15) is 4.79 Å². The van der Waals surface area contributed by atoms with Crippen LogP contribution in [0.25, 0.3) is 0 Å². The molecule has 0 spiro atoms.